The molecule has 10 atom stereocenters. The van der Waals surface area contributed by atoms with E-state index < -0.39 is 175 Å². The fourth-order valence-corrected chi connectivity index (χ4v) is 10.9. The van der Waals surface area contributed by atoms with Gasteiger partial charge in [0.15, 0.2) is 5.96 Å². The van der Waals surface area contributed by atoms with E-state index >= 15 is 0 Å². The smallest absolute Gasteiger partial charge is 0.326 e. The summed E-state index contributed by atoms with van der Waals surface area (Å²) in [5.74, 6) is -14.1. The average molecular weight is 1470 g/mol. The number of guanidine groups is 1. The molecule has 0 fully saturated rings. The Bertz CT molecular complexity index is 3560. The molecule has 4 rings (SSSR count). The summed E-state index contributed by atoms with van der Waals surface area (Å²) in [5, 5.41) is 77.4. The molecule has 0 heterocycles. The number of hydrogen-bond donors (Lipinski definition) is 20. The summed E-state index contributed by atoms with van der Waals surface area (Å²) in [7, 11) is 0. The summed E-state index contributed by atoms with van der Waals surface area (Å²) in [6.45, 7) is 8.90. The van der Waals surface area contributed by atoms with Crippen LogP contribution in [0.15, 0.2) is 109 Å². The summed E-state index contributed by atoms with van der Waals surface area (Å²) >= 11 is 4.23. The van der Waals surface area contributed by atoms with E-state index in [1.807, 2.05) is 13.8 Å². The van der Waals surface area contributed by atoms with Gasteiger partial charge in [0.1, 0.15) is 65.9 Å². The number of hydrogen-bond acceptors (Lipinski definition) is 18. The zero-order chi connectivity index (χ0) is 77.2. The van der Waals surface area contributed by atoms with E-state index in [-0.39, 0.29) is 80.6 Å². The van der Waals surface area contributed by atoms with E-state index in [2.05, 4.69) is 76.4 Å². The molecule has 0 spiro atoms. The zero-order valence-corrected chi connectivity index (χ0v) is 59.9. The average Bonchev–Trinajstić information content (AvgIpc) is 0.863. The summed E-state index contributed by atoms with van der Waals surface area (Å²) in [6, 6.07) is 14.8. The largest absolute Gasteiger partial charge is 0.508 e. The predicted molar refractivity (Wildman–Crippen MR) is 387 cm³/mol. The van der Waals surface area contributed by atoms with Crippen molar-refractivity contribution in [2.75, 3.05) is 25.4 Å². The maximum Gasteiger partial charge on any atom is 0.326 e. The number of nitrogens with one attached hydrogen (secondary N) is 13. The zero-order valence-electron chi connectivity index (χ0n) is 59.0. The minimum absolute atomic E-state index is 0.00551. The topological polar surface area (TPSA) is 523 Å². The number of nitrogens with two attached hydrogens (primary N) is 2. The van der Waals surface area contributed by atoms with E-state index in [4.69, 9.17) is 16.9 Å². The van der Waals surface area contributed by atoms with Gasteiger partial charge in [-0.25, -0.2) is 4.79 Å². The van der Waals surface area contributed by atoms with Crippen LogP contribution in [0, 0.1) is 23.2 Å². The lowest BCUT2D eigenvalue weighted by Crippen LogP contribution is -2.60. The minimum Gasteiger partial charge on any atom is -0.508 e. The quantitative estimate of drug-likeness (QED) is 0.0111. The van der Waals surface area contributed by atoms with E-state index in [0.717, 1.165) is 0 Å². The van der Waals surface area contributed by atoms with Crippen LogP contribution in [0.3, 0.4) is 0 Å². The van der Waals surface area contributed by atoms with Gasteiger partial charge in [-0.15, -0.1) is 0 Å². The van der Waals surface area contributed by atoms with Crippen LogP contribution in [-0.4, -0.2) is 189 Å². The Labute approximate surface area is 608 Å². The summed E-state index contributed by atoms with van der Waals surface area (Å²) in [6.07, 6.45) is -1.50. The van der Waals surface area contributed by atoms with Gasteiger partial charge in [0.05, 0.1) is 19.1 Å². The molecule has 0 unspecified atom stereocenters. The Morgan fingerprint density at radius 1 is 0.423 bits per heavy atom. The SMILES string of the molecule is CC(C)C[C@H](NC(=O)[C@H](Cc1ccc(O)cc1)NC(=O)[C@@H](N)CC(C)C)C(=O)N[C@H](C(=O)N[C@@H](CS)C(=O)NCC(=O)N[C@@H](CCC(=O)O)C(=O)N[C@@H](CCCNC(=N)N)C(=O)NCC(=O)N[C@@H](Cc1ccccc1)C(=O)N[C@@H](Cc1ccccc1)C(=O)N[C@@H](Cc1ccc(O)cc1)C(=O)O)C(C)C. The highest BCUT2D eigenvalue weighted by atomic mass is 32.1. The first-order chi connectivity index (χ1) is 49.2. The summed E-state index contributed by atoms with van der Waals surface area (Å²) in [5.41, 5.74) is 13.8. The Balaban J connectivity index is 1.46. The number of carbonyl (C=O) groups is 13. The highest BCUT2D eigenvalue weighted by Gasteiger charge is 2.36. The molecule has 0 bridgehead atoms. The van der Waals surface area contributed by atoms with Gasteiger partial charge < -0.3 is 95.7 Å². The molecule has 32 nitrogen and oxygen atoms in total. The van der Waals surface area contributed by atoms with Gasteiger partial charge in [0, 0.05) is 44.4 Å². The molecule has 21 N–H and O–H groups in total. The third-order valence-electron chi connectivity index (χ3n) is 16.1. The fraction of sp³-hybridized carbons (Fsp3) is 0.465. The molecule has 33 heteroatoms. The van der Waals surface area contributed by atoms with Crippen LogP contribution in [0.1, 0.15) is 102 Å². The van der Waals surface area contributed by atoms with E-state index in [9.17, 15) is 82.8 Å². The Morgan fingerprint density at radius 3 is 1.24 bits per heavy atom. The van der Waals surface area contributed by atoms with Crippen LogP contribution in [0.5, 0.6) is 11.5 Å². The lowest BCUT2D eigenvalue weighted by molar-refractivity contribution is -0.142. The first kappa shape index (κ1) is 85.6. The van der Waals surface area contributed by atoms with Gasteiger partial charge in [-0.1, -0.05) is 126 Å². The van der Waals surface area contributed by atoms with Gasteiger partial charge in [0.2, 0.25) is 65.0 Å². The van der Waals surface area contributed by atoms with Crippen molar-refractivity contribution in [1.29, 1.82) is 5.41 Å². The number of amides is 11. The highest BCUT2D eigenvalue weighted by molar-refractivity contribution is 7.80. The van der Waals surface area contributed by atoms with Crippen molar-refractivity contribution >= 4 is 95.5 Å². The second-order valence-electron chi connectivity index (χ2n) is 26.2. The van der Waals surface area contributed by atoms with Gasteiger partial charge in [-0.2, -0.15) is 12.6 Å². The molecule has 11 amide bonds. The molecule has 4 aromatic rings. The molecule has 0 aliphatic heterocycles. The summed E-state index contributed by atoms with van der Waals surface area (Å²) in [4.78, 5) is 177. The number of aromatic hydroxyl groups is 2. The Kier molecular flexibility index (Phi) is 36.1. The van der Waals surface area contributed by atoms with Crippen molar-refractivity contribution in [3.8, 4) is 11.5 Å². The molecule has 104 heavy (non-hydrogen) atoms. The first-order valence-electron chi connectivity index (χ1n) is 34.0. The van der Waals surface area contributed by atoms with Gasteiger partial charge in [0.25, 0.3) is 0 Å². The van der Waals surface area contributed by atoms with E-state index in [0.29, 0.717) is 28.7 Å². The van der Waals surface area contributed by atoms with Gasteiger partial charge >= 0.3 is 11.9 Å². The number of phenolic OH excluding ortho intramolecular Hbond substituents is 2. The number of phenols is 2. The monoisotopic (exact) mass is 1470 g/mol. The van der Waals surface area contributed by atoms with Crippen LogP contribution >= 0.6 is 12.6 Å². The molecule has 566 valence electrons. The van der Waals surface area contributed by atoms with Gasteiger partial charge in [-0.3, -0.25) is 62.9 Å². The van der Waals surface area contributed by atoms with Crippen molar-refractivity contribution in [1.82, 2.24) is 63.8 Å². The normalized spacial score (nSPS) is 14.0. The van der Waals surface area contributed by atoms with Crippen LogP contribution in [0.4, 0.5) is 0 Å². The van der Waals surface area contributed by atoms with Crippen molar-refractivity contribution in [3.63, 3.8) is 0 Å². The van der Waals surface area contributed by atoms with Crippen molar-refractivity contribution in [2.45, 2.75) is 166 Å². The molecular formula is C71H99N15O17S. The minimum atomic E-state index is -1.68. The Hall–Kier alpha value is -10.8. The third kappa shape index (κ3) is 31.6. The number of thiol groups is 1. The highest BCUT2D eigenvalue weighted by Crippen LogP contribution is 2.17. The molecular weight excluding hydrogens is 1370 g/mol. The van der Waals surface area contributed by atoms with Crippen LogP contribution in [0.25, 0.3) is 0 Å². The van der Waals surface area contributed by atoms with Gasteiger partial charge in [-0.05, 0) is 96.4 Å². The molecule has 0 radical (unpaired) electrons. The number of carbonyl (C=O) groups excluding carboxylic acids is 11. The molecule has 0 aliphatic rings. The number of carboxylic acid groups (broad SMARTS) is 2. The molecule has 0 aromatic heterocycles. The Morgan fingerprint density at radius 2 is 0.798 bits per heavy atom. The summed E-state index contributed by atoms with van der Waals surface area (Å²) < 4.78 is 0. The molecule has 0 aliphatic carbocycles. The molecule has 4 aromatic carbocycles. The first-order valence-corrected chi connectivity index (χ1v) is 34.6. The van der Waals surface area contributed by atoms with E-state index in [1.165, 1.54) is 36.4 Å². The van der Waals surface area contributed by atoms with E-state index in [1.54, 1.807) is 100 Å². The lowest BCUT2D eigenvalue weighted by atomic mass is 9.98. The fourth-order valence-electron chi connectivity index (χ4n) is 10.6. The lowest BCUT2D eigenvalue weighted by Gasteiger charge is -2.29. The maximum atomic E-state index is 14.4. The third-order valence-corrected chi connectivity index (χ3v) is 16.4. The number of benzene rings is 4. The molecule has 0 saturated heterocycles. The van der Waals surface area contributed by atoms with Crippen LogP contribution in [-0.2, 0) is 88.0 Å². The molecule has 0 saturated carbocycles. The number of carboxylic acids is 2. The van der Waals surface area contributed by atoms with Crippen molar-refractivity contribution < 1.29 is 82.8 Å². The predicted octanol–water partition coefficient (Wildman–Crippen LogP) is -0.818. The second-order valence-corrected chi connectivity index (χ2v) is 26.6. The maximum absolute atomic E-state index is 14.4. The second kappa shape index (κ2) is 43.9. The van der Waals surface area contributed by atoms with Crippen LogP contribution < -0.4 is 75.3 Å². The number of aliphatic carboxylic acids is 2. The van der Waals surface area contributed by atoms with Crippen molar-refractivity contribution in [2.24, 2.45) is 29.2 Å². The number of rotatable bonds is 44. The van der Waals surface area contributed by atoms with Crippen molar-refractivity contribution in [3.05, 3.63) is 131 Å². The standard InChI is InChI=1S/C71H99N15O17S/c1-39(2)30-48(72)61(93)81-53(34-44-19-23-46(87)24-20-44)66(98)82-51(31-40(3)4)68(100)86-60(41(5)6)69(101)85-56(38-104)63(95)77-36-57(89)78-50(27-28-59(91)92)64(96)80-49(18-13-29-75-71(73)74)62(94)76-37-58(90)79-52(32-42-14-9-7-10-15-42)65(97)83-54(33-43-16-11-8-12-17-43)67(99)84-55(70(102)103)35-45-21-25-47(88)26-22-45/h7-12,14-17,19-26,39-41,48-56,60,87-88,104H,13,18,27-38,72H2,1-6H3,(H,76,94)(H,77,95)(H,78,89)(H,79,90)(H,80,96)(H,81,93)(H,82,98)(H,83,97)(H,84,99)(H,85,101)(H,86,100)(H,91,92)(H,102,103)(H4,73,74,75)/t48-,49-,50-,51-,52-,53-,54-,55-,56-,60-/m0/s1. The van der Waals surface area contributed by atoms with Crippen LogP contribution in [0.2, 0.25) is 0 Å².